The molecule has 0 fully saturated rings. The first-order valence-corrected chi connectivity index (χ1v) is 6.98. The van der Waals surface area contributed by atoms with Crippen molar-refractivity contribution in [2.45, 2.75) is 31.8 Å². The Bertz CT molecular complexity index is 499. The molecule has 1 aromatic carbocycles. The molecule has 0 radical (unpaired) electrons. The van der Waals surface area contributed by atoms with Crippen molar-refractivity contribution >= 4 is 11.8 Å². The summed E-state index contributed by atoms with van der Waals surface area (Å²) < 4.78 is 10.8. The minimum absolute atomic E-state index is 0.338. The van der Waals surface area contributed by atoms with Crippen LogP contribution in [-0.4, -0.2) is 15.9 Å². The fourth-order valence-corrected chi connectivity index (χ4v) is 2.23. The summed E-state index contributed by atoms with van der Waals surface area (Å²) in [4.78, 5) is 5.35. The van der Waals surface area contributed by atoms with Gasteiger partial charge in [0.1, 0.15) is 5.75 Å². The number of aromatic nitrogens is 2. The number of ether oxygens (including phenoxy) is 1. The van der Waals surface area contributed by atoms with E-state index in [9.17, 15) is 0 Å². The van der Waals surface area contributed by atoms with Crippen LogP contribution >= 0.6 is 11.8 Å². The Morgan fingerprint density at radius 1 is 1.28 bits per heavy atom. The minimum Gasteiger partial charge on any atom is -0.484 e. The van der Waals surface area contributed by atoms with Crippen LogP contribution in [0.3, 0.4) is 0 Å². The molecular weight excluding hydrogens is 248 g/mol. The van der Waals surface area contributed by atoms with Crippen LogP contribution in [0.1, 0.15) is 25.6 Å². The molecule has 0 aliphatic rings. The second-order valence-corrected chi connectivity index (χ2v) is 4.93. The third-order valence-corrected chi connectivity index (χ3v) is 3.26. The third-order valence-electron chi connectivity index (χ3n) is 2.32. The zero-order chi connectivity index (χ0) is 12.8. The Labute approximate surface area is 111 Å². The van der Waals surface area contributed by atoms with Gasteiger partial charge in [-0.1, -0.05) is 31.1 Å². The molecule has 0 N–H and O–H groups in total. The molecular formula is C13H16N2O2S. The smallest absolute Gasteiger partial charge is 0.226 e. The molecule has 0 atom stereocenters. The summed E-state index contributed by atoms with van der Waals surface area (Å²) >= 11 is 1.76. The van der Waals surface area contributed by atoms with E-state index in [4.69, 9.17) is 9.26 Å². The van der Waals surface area contributed by atoms with Crippen molar-refractivity contribution in [3.8, 4) is 5.75 Å². The van der Waals surface area contributed by atoms with Gasteiger partial charge in [-0.25, -0.2) is 0 Å². The summed E-state index contributed by atoms with van der Waals surface area (Å²) in [6, 6.07) is 7.98. The van der Waals surface area contributed by atoms with Gasteiger partial charge >= 0.3 is 0 Å². The Morgan fingerprint density at radius 3 is 2.83 bits per heavy atom. The zero-order valence-electron chi connectivity index (χ0n) is 10.5. The van der Waals surface area contributed by atoms with Crippen molar-refractivity contribution in [2.24, 2.45) is 0 Å². The van der Waals surface area contributed by atoms with E-state index in [-0.39, 0.29) is 0 Å². The highest BCUT2D eigenvalue weighted by molar-refractivity contribution is 7.99. The van der Waals surface area contributed by atoms with E-state index in [0.29, 0.717) is 18.3 Å². The highest BCUT2D eigenvalue weighted by atomic mass is 32.2. The molecule has 18 heavy (non-hydrogen) atoms. The van der Waals surface area contributed by atoms with Gasteiger partial charge in [0.05, 0.1) is 0 Å². The van der Waals surface area contributed by atoms with Gasteiger partial charge in [-0.2, -0.15) is 4.98 Å². The number of aryl methyl sites for hydroxylation is 1. The molecule has 0 saturated carbocycles. The van der Waals surface area contributed by atoms with Crippen molar-refractivity contribution in [3.05, 3.63) is 36.0 Å². The lowest BCUT2D eigenvalue weighted by Crippen LogP contribution is -1.98. The standard InChI is InChI=1S/C13H16N2O2S/c1-3-13-14-12(15-17-13)9-16-10-7-5-6-8-11(10)18-4-2/h5-8H,3-4,9H2,1-2H3. The molecule has 2 rings (SSSR count). The topological polar surface area (TPSA) is 48.2 Å². The number of rotatable bonds is 6. The summed E-state index contributed by atoms with van der Waals surface area (Å²) in [6.07, 6.45) is 0.745. The van der Waals surface area contributed by atoms with Crippen LogP contribution in [0.4, 0.5) is 0 Å². The molecule has 0 saturated heterocycles. The maximum atomic E-state index is 5.73. The quantitative estimate of drug-likeness (QED) is 0.749. The second-order valence-electron chi connectivity index (χ2n) is 3.63. The molecule has 0 aliphatic heterocycles. The first kappa shape index (κ1) is 13.0. The first-order chi connectivity index (χ1) is 8.83. The third kappa shape index (κ3) is 3.26. The van der Waals surface area contributed by atoms with E-state index in [2.05, 4.69) is 23.1 Å². The largest absolute Gasteiger partial charge is 0.484 e. The van der Waals surface area contributed by atoms with Crippen molar-refractivity contribution in [3.63, 3.8) is 0 Å². The van der Waals surface area contributed by atoms with E-state index in [1.54, 1.807) is 11.8 Å². The van der Waals surface area contributed by atoms with Crippen molar-refractivity contribution in [1.82, 2.24) is 10.1 Å². The van der Waals surface area contributed by atoms with Gasteiger partial charge < -0.3 is 9.26 Å². The van der Waals surface area contributed by atoms with E-state index in [0.717, 1.165) is 22.8 Å². The number of para-hydroxylation sites is 1. The number of hydrogen-bond donors (Lipinski definition) is 0. The van der Waals surface area contributed by atoms with Crippen LogP contribution in [0.25, 0.3) is 0 Å². The number of thioether (sulfide) groups is 1. The molecule has 0 bridgehead atoms. The number of hydrogen-bond acceptors (Lipinski definition) is 5. The highest BCUT2D eigenvalue weighted by Crippen LogP contribution is 2.29. The lowest BCUT2D eigenvalue weighted by atomic mass is 10.3. The molecule has 5 heteroatoms. The van der Waals surface area contributed by atoms with Gasteiger partial charge in [0.15, 0.2) is 6.61 Å². The number of nitrogens with zero attached hydrogens (tertiary/aromatic N) is 2. The number of benzene rings is 1. The summed E-state index contributed by atoms with van der Waals surface area (Å²) in [7, 11) is 0. The molecule has 1 heterocycles. The maximum absolute atomic E-state index is 5.73. The molecule has 0 unspecified atom stereocenters. The fourth-order valence-electron chi connectivity index (χ4n) is 1.48. The molecule has 2 aromatic rings. The predicted molar refractivity (Wildman–Crippen MR) is 70.8 cm³/mol. The molecule has 96 valence electrons. The van der Waals surface area contributed by atoms with Gasteiger partial charge in [0, 0.05) is 11.3 Å². The van der Waals surface area contributed by atoms with E-state index in [1.165, 1.54) is 0 Å². The average Bonchev–Trinajstić information content (AvgIpc) is 2.86. The fraction of sp³-hybridized carbons (Fsp3) is 0.385. The monoisotopic (exact) mass is 264 g/mol. The highest BCUT2D eigenvalue weighted by Gasteiger charge is 2.07. The van der Waals surface area contributed by atoms with E-state index in [1.807, 2.05) is 25.1 Å². The van der Waals surface area contributed by atoms with E-state index < -0.39 is 0 Å². The van der Waals surface area contributed by atoms with Crippen LogP contribution < -0.4 is 4.74 Å². The first-order valence-electron chi connectivity index (χ1n) is 5.99. The van der Waals surface area contributed by atoms with Gasteiger partial charge in [-0.15, -0.1) is 11.8 Å². The zero-order valence-corrected chi connectivity index (χ0v) is 11.4. The summed E-state index contributed by atoms with van der Waals surface area (Å²) in [6.45, 7) is 4.43. The van der Waals surface area contributed by atoms with Gasteiger partial charge in [-0.05, 0) is 17.9 Å². The molecule has 0 aliphatic carbocycles. The lowest BCUT2D eigenvalue weighted by molar-refractivity contribution is 0.279. The van der Waals surface area contributed by atoms with Gasteiger partial charge in [0.2, 0.25) is 11.7 Å². The van der Waals surface area contributed by atoms with Gasteiger partial charge in [-0.3, -0.25) is 0 Å². The minimum atomic E-state index is 0.338. The molecule has 0 spiro atoms. The SMILES string of the molecule is CCSc1ccccc1OCc1noc(CC)n1. The Kier molecular flexibility index (Phi) is 4.64. The molecule has 4 nitrogen and oxygen atoms in total. The van der Waals surface area contributed by atoms with Crippen molar-refractivity contribution < 1.29 is 9.26 Å². The average molecular weight is 264 g/mol. The Hall–Kier alpha value is -1.49. The van der Waals surface area contributed by atoms with Gasteiger partial charge in [0.25, 0.3) is 0 Å². The Morgan fingerprint density at radius 2 is 2.11 bits per heavy atom. The van der Waals surface area contributed by atoms with Crippen LogP contribution in [-0.2, 0) is 13.0 Å². The summed E-state index contributed by atoms with van der Waals surface area (Å²) in [5.41, 5.74) is 0. The maximum Gasteiger partial charge on any atom is 0.226 e. The van der Waals surface area contributed by atoms with Crippen LogP contribution in [0.2, 0.25) is 0 Å². The normalized spacial score (nSPS) is 10.6. The molecule has 1 aromatic heterocycles. The van der Waals surface area contributed by atoms with Crippen molar-refractivity contribution in [1.29, 1.82) is 0 Å². The van der Waals surface area contributed by atoms with Crippen molar-refractivity contribution in [2.75, 3.05) is 5.75 Å². The van der Waals surface area contributed by atoms with Crippen LogP contribution in [0, 0.1) is 0 Å². The summed E-state index contributed by atoms with van der Waals surface area (Å²) in [5.74, 6) is 3.11. The second kappa shape index (κ2) is 6.44. The van der Waals surface area contributed by atoms with Crippen LogP contribution in [0.15, 0.2) is 33.7 Å². The predicted octanol–water partition coefficient (Wildman–Crippen LogP) is 3.32. The lowest BCUT2D eigenvalue weighted by Gasteiger charge is -2.08. The van der Waals surface area contributed by atoms with E-state index >= 15 is 0 Å². The Balaban J connectivity index is 2.01. The summed E-state index contributed by atoms with van der Waals surface area (Å²) in [5, 5.41) is 3.86. The molecule has 0 amide bonds. The van der Waals surface area contributed by atoms with Crippen LogP contribution in [0.5, 0.6) is 5.75 Å².